The van der Waals surface area contributed by atoms with Gasteiger partial charge in [-0.25, -0.2) is 0 Å². The first-order chi connectivity index (χ1) is 11.5. The molecule has 0 bridgehead atoms. The highest BCUT2D eigenvalue weighted by Gasteiger charge is 2.13. The lowest BCUT2D eigenvalue weighted by atomic mass is 10.1. The number of amides is 1. The van der Waals surface area contributed by atoms with Gasteiger partial charge in [0.15, 0.2) is 0 Å². The molecule has 2 aromatic rings. The third kappa shape index (κ3) is 4.89. The van der Waals surface area contributed by atoms with E-state index in [4.69, 9.17) is 0 Å². The Labute approximate surface area is 145 Å². The summed E-state index contributed by atoms with van der Waals surface area (Å²) in [7, 11) is 0.986. The third-order valence-corrected chi connectivity index (χ3v) is 5.02. The minimum Gasteiger partial charge on any atom is -0.334 e. The van der Waals surface area contributed by atoms with Crippen LogP contribution in [0.4, 0.5) is 0 Å². The topological polar surface area (TPSA) is 55.2 Å². The van der Waals surface area contributed by atoms with Gasteiger partial charge in [-0.2, -0.15) is 5.10 Å². The molecule has 0 spiro atoms. The molecular weight excluding hydrogens is 322 g/mol. The number of rotatable bonds is 8. The molecule has 0 N–H and O–H groups in total. The molecule has 2 rings (SSSR count). The SMILES string of the molecule is C=CC(=O)N(CCS(=O)CC)Cc1cccc(-c2cnn(C)c2)c1. The number of aromatic nitrogens is 2. The van der Waals surface area contributed by atoms with Gasteiger partial charge < -0.3 is 4.90 Å². The summed E-state index contributed by atoms with van der Waals surface area (Å²) in [4.78, 5) is 13.8. The van der Waals surface area contributed by atoms with Crippen molar-refractivity contribution in [3.8, 4) is 11.1 Å². The Morgan fingerprint density at radius 2 is 2.21 bits per heavy atom. The average Bonchev–Trinajstić information content (AvgIpc) is 3.04. The summed E-state index contributed by atoms with van der Waals surface area (Å²) in [6, 6.07) is 8.03. The van der Waals surface area contributed by atoms with Crippen molar-refractivity contribution in [2.24, 2.45) is 7.05 Å². The smallest absolute Gasteiger partial charge is 0.246 e. The fourth-order valence-corrected chi connectivity index (χ4v) is 3.11. The van der Waals surface area contributed by atoms with E-state index in [0.717, 1.165) is 16.7 Å². The quantitative estimate of drug-likeness (QED) is 0.690. The van der Waals surface area contributed by atoms with Crippen molar-refractivity contribution in [1.29, 1.82) is 0 Å². The Kier molecular flexibility index (Phi) is 6.49. The zero-order chi connectivity index (χ0) is 17.5. The Morgan fingerprint density at radius 3 is 2.83 bits per heavy atom. The third-order valence-electron chi connectivity index (χ3n) is 3.74. The highest BCUT2D eigenvalue weighted by atomic mass is 32.2. The van der Waals surface area contributed by atoms with E-state index in [2.05, 4.69) is 17.7 Å². The zero-order valence-electron chi connectivity index (χ0n) is 14.1. The summed E-state index contributed by atoms with van der Waals surface area (Å²) in [5, 5.41) is 4.19. The first-order valence-electron chi connectivity index (χ1n) is 7.87. The fourth-order valence-electron chi connectivity index (χ4n) is 2.39. The first-order valence-corrected chi connectivity index (χ1v) is 9.36. The molecule has 1 heterocycles. The van der Waals surface area contributed by atoms with Gasteiger partial charge in [0, 0.05) is 54.2 Å². The van der Waals surface area contributed by atoms with E-state index in [0.29, 0.717) is 24.6 Å². The molecule has 0 saturated carbocycles. The summed E-state index contributed by atoms with van der Waals surface area (Å²) in [6.07, 6.45) is 5.08. The zero-order valence-corrected chi connectivity index (χ0v) is 15.0. The molecule has 1 amide bonds. The lowest BCUT2D eigenvalue weighted by Crippen LogP contribution is -2.32. The second kappa shape index (κ2) is 8.59. The minimum absolute atomic E-state index is 0.144. The number of benzene rings is 1. The van der Waals surface area contributed by atoms with Crippen molar-refractivity contribution in [3.05, 3.63) is 54.9 Å². The number of carbonyl (C=O) groups is 1. The molecule has 1 atom stereocenters. The van der Waals surface area contributed by atoms with Gasteiger partial charge in [0.25, 0.3) is 0 Å². The number of hydrogen-bond acceptors (Lipinski definition) is 3. The summed E-state index contributed by atoms with van der Waals surface area (Å²) in [5.74, 6) is 0.945. The molecule has 6 heteroatoms. The van der Waals surface area contributed by atoms with Crippen molar-refractivity contribution in [2.45, 2.75) is 13.5 Å². The first kappa shape index (κ1) is 18.1. The predicted molar refractivity (Wildman–Crippen MR) is 97.8 cm³/mol. The van der Waals surface area contributed by atoms with E-state index in [1.807, 2.05) is 44.6 Å². The molecule has 1 aromatic heterocycles. The standard InChI is InChI=1S/C18H23N3O2S/c1-4-18(22)21(9-10-24(23)5-2)13-15-7-6-8-16(11-15)17-12-19-20(3)14-17/h4,6-8,11-12,14H,1,5,9-10,13H2,2-3H3. The molecule has 1 unspecified atom stereocenters. The molecule has 5 nitrogen and oxygen atoms in total. The van der Waals surface area contributed by atoms with E-state index in [-0.39, 0.29) is 5.91 Å². The van der Waals surface area contributed by atoms with Crippen LogP contribution >= 0.6 is 0 Å². The molecular formula is C18H23N3O2S. The van der Waals surface area contributed by atoms with Crippen molar-refractivity contribution in [3.63, 3.8) is 0 Å². The van der Waals surface area contributed by atoms with Gasteiger partial charge in [-0.05, 0) is 23.3 Å². The van der Waals surface area contributed by atoms with Gasteiger partial charge in [0.1, 0.15) is 0 Å². The molecule has 0 aliphatic heterocycles. The Hall–Kier alpha value is -2.21. The van der Waals surface area contributed by atoms with Crippen molar-refractivity contribution in [2.75, 3.05) is 18.1 Å². The summed E-state index contributed by atoms with van der Waals surface area (Å²) < 4.78 is 13.4. The Morgan fingerprint density at radius 1 is 1.42 bits per heavy atom. The monoisotopic (exact) mass is 345 g/mol. The molecule has 0 saturated heterocycles. The molecule has 24 heavy (non-hydrogen) atoms. The molecule has 0 aliphatic carbocycles. The molecule has 0 fully saturated rings. The fraction of sp³-hybridized carbons (Fsp3) is 0.333. The van der Waals surface area contributed by atoms with E-state index in [9.17, 15) is 9.00 Å². The van der Waals surface area contributed by atoms with Crippen LogP contribution in [0.15, 0.2) is 49.3 Å². The highest BCUT2D eigenvalue weighted by molar-refractivity contribution is 7.84. The lowest BCUT2D eigenvalue weighted by Gasteiger charge is -2.21. The normalized spacial score (nSPS) is 11.9. The molecule has 128 valence electrons. The van der Waals surface area contributed by atoms with Crippen molar-refractivity contribution < 1.29 is 9.00 Å². The molecule has 1 aromatic carbocycles. The molecule has 0 aliphatic rings. The van der Waals surface area contributed by atoms with Crippen LogP contribution in [-0.4, -0.2) is 42.8 Å². The van der Waals surface area contributed by atoms with Crippen LogP contribution in [0.1, 0.15) is 12.5 Å². The summed E-state index contributed by atoms with van der Waals surface area (Å²) >= 11 is 0. The lowest BCUT2D eigenvalue weighted by molar-refractivity contribution is -0.126. The van der Waals surface area contributed by atoms with Gasteiger partial charge in [-0.15, -0.1) is 0 Å². The Bertz CT molecular complexity index is 739. The average molecular weight is 345 g/mol. The van der Waals surface area contributed by atoms with Crippen molar-refractivity contribution in [1.82, 2.24) is 14.7 Å². The summed E-state index contributed by atoms with van der Waals surface area (Å²) in [6.45, 7) is 6.38. The second-order valence-electron chi connectivity index (χ2n) is 5.50. The molecule has 0 radical (unpaired) electrons. The maximum absolute atomic E-state index is 12.1. The van der Waals surface area contributed by atoms with Crippen molar-refractivity contribution >= 4 is 16.7 Å². The van der Waals surface area contributed by atoms with Gasteiger partial charge in [0.2, 0.25) is 5.91 Å². The Balaban J connectivity index is 2.15. The number of aryl methyl sites for hydroxylation is 1. The van der Waals surface area contributed by atoms with E-state index < -0.39 is 10.8 Å². The van der Waals surface area contributed by atoms with Crippen LogP contribution in [0.25, 0.3) is 11.1 Å². The minimum atomic E-state index is -0.895. The number of nitrogens with zero attached hydrogens (tertiary/aromatic N) is 3. The van der Waals surface area contributed by atoms with E-state index >= 15 is 0 Å². The van der Waals surface area contributed by atoms with Crippen LogP contribution in [0.3, 0.4) is 0 Å². The highest BCUT2D eigenvalue weighted by Crippen LogP contribution is 2.20. The largest absolute Gasteiger partial charge is 0.334 e. The predicted octanol–water partition coefficient (Wildman–Crippen LogP) is 2.37. The van der Waals surface area contributed by atoms with Gasteiger partial charge in [-0.1, -0.05) is 31.7 Å². The van der Waals surface area contributed by atoms with E-state index in [1.54, 1.807) is 9.58 Å². The van der Waals surface area contributed by atoms with Crippen LogP contribution < -0.4 is 0 Å². The maximum atomic E-state index is 12.1. The number of hydrogen-bond donors (Lipinski definition) is 0. The second-order valence-corrected chi connectivity index (χ2v) is 7.36. The maximum Gasteiger partial charge on any atom is 0.246 e. The van der Waals surface area contributed by atoms with Crippen LogP contribution in [0.2, 0.25) is 0 Å². The van der Waals surface area contributed by atoms with E-state index in [1.165, 1.54) is 6.08 Å². The van der Waals surface area contributed by atoms with Gasteiger partial charge in [0.05, 0.1) is 6.20 Å². The van der Waals surface area contributed by atoms with Gasteiger partial charge in [-0.3, -0.25) is 13.7 Å². The van der Waals surface area contributed by atoms with Crippen LogP contribution in [0.5, 0.6) is 0 Å². The van der Waals surface area contributed by atoms with Crippen LogP contribution in [-0.2, 0) is 29.2 Å². The summed E-state index contributed by atoms with van der Waals surface area (Å²) in [5.41, 5.74) is 3.12. The van der Waals surface area contributed by atoms with Crippen LogP contribution in [0, 0.1) is 0 Å². The number of carbonyl (C=O) groups excluding carboxylic acids is 1. The van der Waals surface area contributed by atoms with Gasteiger partial charge >= 0.3 is 0 Å².